The van der Waals surface area contributed by atoms with Crippen LogP contribution in [0.5, 0.6) is 0 Å². The molecule has 2 heterocycles. The Morgan fingerprint density at radius 3 is 3.14 bits per heavy atom. The zero-order valence-corrected chi connectivity index (χ0v) is 8.80. The number of nitrogens with two attached hydrogens (primary N) is 1. The Morgan fingerprint density at radius 1 is 1.71 bits per heavy atom. The summed E-state index contributed by atoms with van der Waals surface area (Å²) in [4.78, 5) is 14.6. The number of likely N-dealkylation sites (tertiary alicyclic amines) is 1. The van der Waals surface area contributed by atoms with Crippen molar-refractivity contribution in [2.24, 2.45) is 11.7 Å². The molecule has 14 heavy (non-hydrogen) atoms. The SMILES string of the molecule is NC[C@H]1CCN(C(=O)c2cccs2)C1. The molecule has 3 nitrogen and oxygen atoms in total. The zero-order chi connectivity index (χ0) is 9.97. The maximum atomic E-state index is 11.9. The van der Waals surface area contributed by atoms with E-state index in [4.69, 9.17) is 5.73 Å². The van der Waals surface area contributed by atoms with E-state index >= 15 is 0 Å². The highest BCUT2D eigenvalue weighted by Crippen LogP contribution is 2.19. The molecule has 1 aromatic heterocycles. The van der Waals surface area contributed by atoms with Gasteiger partial charge in [-0.05, 0) is 30.3 Å². The van der Waals surface area contributed by atoms with E-state index in [0.717, 1.165) is 24.4 Å². The van der Waals surface area contributed by atoms with Crippen LogP contribution in [0.2, 0.25) is 0 Å². The van der Waals surface area contributed by atoms with Gasteiger partial charge >= 0.3 is 0 Å². The number of hydrogen-bond acceptors (Lipinski definition) is 3. The molecule has 1 aromatic rings. The first kappa shape index (κ1) is 9.68. The van der Waals surface area contributed by atoms with Crippen molar-refractivity contribution in [3.05, 3.63) is 22.4 Å². The lowest BCUT2D eigenvalue weighted by molar-refractivity contribution is 0.0792. The van der Waals surface area contributed by atoms with Crippen molar-refractivity contribution in [2.45, 2.75) is 6.42 Å². The van der Waals surface area contributed by atoms with Crippen molar-refractivity contribution < 1.29 is 4.79 Å². The van der Waals surface area contributed by atoms with Gasteiger partial charge in [-0.2, -0.15) is 0 Å². The van der Waals surface area contributed by atoms with Gasteiger partial charge in [0.2, 0.25) is 0 Å². The molecule has 1 aliphatic rings. The Labute approximate surface area is 87.5 Å². The van der Waals surface area contributed by atoms with Gasteiger partial charge in [-0.1, -0.05) is 6.07 Å². The third-order valence-electron chi connectivity index (χ3n) is 2.64. The lowest BCUT2D eigenvalue weighted by atomic mass is 10.1. The topological polar surface area (TPSA) is 46.3 Å². The average molecular weight is 210 g/mol. The largest absolute Gasteiger partial charge is 0.338 e. The minimum Gasteiger partial charge on any atom is -0.338 e. The van der Waals surface area contributed by atoms with Gasteiger partial charge < -0.3 is 10.6 Å². The summed E-state index contributed by atoms with van der Waals surface area (Å²) < 4.78 is 0. The van der Waals surface area contributed by atoms with Gasteiger partial charge in [-0.3, -0.25) is 4.79 Å². The number of carbonyl (C=O) groups excluding carboxylic acids is 1. The summed E-state index contributed by atoms with van der Waals surface area (Å²) in [5, 5.41) is 1.93. The summed E-state index contributed by atoms with van der Waals surface area (Å²) in [5.41, 5.74) is 5.58. The van der Waals surface area contributed by atoms with Crippen LogP contribution in [-0.2, 0) is 0 Å². The van der Waals surface area contributed by atoms with Gasteiger partial charge in [-0.25, -0.2) is 0 Å². The van der Waals surface area contributed by atoms with E-state index in [1.54, 1.807) is 0 Å². The van der Waals surface area contributed by atoms with Crippen molar-refractivity contribution in [3.8, 4) is 0 Å². The monoisotopic (exact) mass is 210 g/mol. The molecule has 1 saturated heterocycles. The molecule has 0 bridgehead atoms. The molecule has 1 fully saturated rings. The molecule has 1 atom stereocenters. The molecule has 0 saturated carbocycles. The van der Waals surface area contributed by atoms with Crippen molar-refractivity contribution >= 4 is 17.2 Å². The van der Waals surface area contributed by atoms with Crippen LogP contribution >= 0.6 is 11.3 Å². The van der Waals surface area contributed by atoms with Crippen molar-refractivity contribution in [2.75, 3.05) is 19.6 Å². The normalized spacial score (nSPS) is 21.5. The number of nitrogens with zero attached hydrogens (tertiary/aromatic N) is 1. The third-order valence-corrected chi connectivity index (χ3v) is 3.50. The summed E-state index contributed by atoms with van der Waals surface area (Å²) in [5.74, 6) is 0.662. The van der Waals surface area contributed by atoms with Crippen LogP contribution in [0.15, 0.2) is 17.5 Å². The molecule has 1 aliphatic heterocycles. The van der Waals surface area contributed by atoms with E-state index in [1.165, 1.54) is 11.3 Å². The quantitative estimate of drug-likeness (QED) is 0.796. The number of thiophene rings is 1. The molecule has 2 rings (SSSR count). The Balaban J connectivity index is 2.00. The molecule has 0 aromatic carbocycles. The molecule has 0 spiro atoms. The number of hydrogen-bond donors (Lipinski definition) is 1. The molecule has 76 valence electrons. The van der Waals surface area contributed by atoms with Crippen LogP contribution in [0.25, 0.3) is 0 Å². The minimum absolute atomic E-state index is 0.163. The van der Waals surface area contributed by atoms with Crippen molar-refractivity contribution in [1.82, 2.24) is 4.90 Å². The van der Waals surface area contributed by atoms with Crippen molar-refractivity contribution in [3.63, 3.8) is 0 Å². The molecule has 1 amide bonds. The average Bonchev–Trinajstić information content (AvgIpc) is 2.88. The van der Waals surface area contributed by atoms with E-state index in [9.17, 15) is 4.79 Å². The van der Waals surface area contributed by atoms with E-state index in [2.05, 4.69) is 0 Å². The van der Waals surface area contributed by atoms with Crippen molar-refractivity contribution in [1.29, 1.82) is 0 Å². The second kappa shape index (κ2) is 4.11. The second-order valence-corrected chi connectivity index (χ2v) is 4.57. The van der Waals surface area contributed by atoms with E-state index in [0.29, 0.717) is 12.5 Å². The Hall–Kier alpha value is -0.870. The highest BCUT2D eigenvalue weighted by Gasteiger charge is 2.26. The molecule has 4 heteroatoms. The van der Waals surface area contributed by atoms with E-state index in [1.807, 2.05) is 22.4 Å². The number of carbonyl (C=O) groups is 1. The van der Waals surface area contributed by atoms with E-state index in [-0.39, 0.29) is 5.91 Å². The van der Waals surface area contributed by atoms with Gasteiger partial charge in [0.05, 0.1) is 4.88 Å². The molecule has 2 N–H and O–H groups in total. The fraction of sp³-hybridized carbons (Fsp3) is 0.500. The van der Waals surface area contributed by atoms with Gasteiger partial charge in [0, 0.05) is 13.1 Å². The minimum atomic E-state index is 0.163. The fourth-order valence-electron chi connectivity index (χ4n) is 1.77. The number of amides is 1. The Morgan fingerprint density at radius 2 is 2.57 bits per heavy atom. The predicted molar refractivity (Wildman–Crippen MR) is 57.4 cm³/mol. The van der Waals surface area contributed by atoms with Gasteiger partial charge in [0.25, 0.3) is 5.91 Å². The van der Waals surface area contributed by atoms with E-state index < -0.39 is 0 Å². The summed E-state index contributed by atoms with van der Waals surface area (Å²) >= 11 is 1.50. The summed E-state index contributed by atoms with van der Waals surface area (Å²) in [6.45, 7) is 2.38. The zero-order valence-electron chi connectivity index (χ0n) is 7.98. The first-order valence-corrected chi connectivity index (χ1v) is 5.72. The highest BCUT2D eigenvalue weighted by atomic mass is 32.1. The Bertz CT molecular complexity index is 310. The van der Waals surface area contributed by atoms with Crippen LogP contribution in [-0.4, -0.2) is 30.4 Å². The van der Waals surface area contributed by atoms with Gasteiger partial charge in [-0.15, -0.1) is 11.3 Å². The first-order valence-electron chi connectivity index (χ1n) is 4.84. The van der Waals surface area contributed by atoms with Crippen LogP contribution in [0.4, 0.5) is 0 Å². The third kappa shape index (κ3) is 1.81. The maximum absolute atomic E-state index is 11.9. The molecule has 0 aliphatic carbocycles. The highest BCUT2D eigenvalue weighted by molar-refractivity contribution is 7.12. The van der Waals surface area contributed by atoms with Crippen LogP contribution < -0.4 is 5.73 Å². The molecular weight excluding hydrogens is 196 g/mol. The summed E-state index contributed by atoms with van der Waals surface area (Å²) in [7, 11) is 0. The molecular formula is C10H14N2OS. The Kier molecular flexibility index (Phi) is 2.84. The predicted octanol–water partition coefficient (Wildman–Crippen LogP) is 1.17. The smallest absolute Gasteiger partial charge is 0.263 e. The molecule has 0 unspecified atom stereocenters. The first-order chi connectivity index (χ1) is 6.81. The van der Waals surface area contributed by atoms with Crippen LogP contribution in [0, 0.1) is 5.92 Å². The maximum Gasteiger partial charge on any atom is 0.263 e. The lowest BCUT2D eigenvalue weighted by Gasteiger charge is -2.14. The van der Waals surface area contributed by atoms with Gasteiger partial charge in [0.15, 0.2) is 0 Å². The van der Waals surface area contributed by atoms with Gasteiger partial charge in [0.1, 0.15) is 0 Å². The number of rotatable bonds is 2. The standard InChI is InChI=1S/C10H14N2OS/c11-6-8-3-4-12(7-8)10(13)9-2-1-5-14-9/h1-2,5,8H,3-4,6-7,11H2/t8-/m1/s1. The fourth-order valence-corrected chi connectivity index (χ4v) is 2.46. The molecule has 0 radical (unpaired) electrons. The lowest BCUT2D eigenvalue weighted by Crippen LogP contribution is -2.29. The summed E-state index contributed by atoms with van der Waals surface area (Å²) in [6.07, 6.45) is 1.05. The van der Waals surface area contributed by atoms with Crippen LogP contribution in [0.3, 0.4) is 0 Å². The van der Waals surface area contributed by atoms with Crippen LogP contribution in [0.1, 0.15) is 16.1 Å². The second-order valence-electron chi connectivity index (χ2n) is 3.62. The summed E-state index contributed by atoms with van der Waals surface area (Å²) in [6, 6.07) is 3.79.